The molecule has 1 amide bonds. The Kier molecular flexibility index (Phi) is 4.79. The summed E-state index contributed by atoms with van der Waals surface area (Å²) >= 11 is 0. The van der Waals surface area contributed by atoms with Gasteiger partial charge in [-0.05, 0) is 61.4 Å². The third-order valence-corrected chi connectivity index (χ3v) is 4.64. The zero-order chi connectivity index (χ0) is 18.6. The summed E-state index contributed by atoms with van der Waals surface area (Å²) in [5.74, 6) is 2.12. The van der Waals surface area contributed by atoms with Crippen molar-refractivity contribution < 1.29 is 14.3 Å². The number of carbonyl (C=O) groups excluding carboxylic acids is 1. The van der Waals surface area contributed by atoms with Gasteiger partial charge in [0.2, 0.25) is 0 Å². The van der Waals surface area contributed by atoms with Crippen LogP contribution in [0.2, 0.25) is 0 Å². The highest BCUT2D eigenvalue weighted by molar-refractivity contribution is 5.97. The Morgan fingerprint density at radius 1 is 0.889 bits per heavy atom. The number of hydrogen-bond donors (Lipinski definition) is 0. The number of anilines is 1. The lowest BCUT2D eigenvalue weighted by Crippen LogP contribution is -2.39. The predicted molar refractivity (Wildman–Crippen MR) is 106 cm³/mol. The third kappa shape index (κ3) is 3.80. The molecule has 0 fully saturated rings. The smallest absolute Gasteiger partial charge is 0.265 e. The van der Waals surface area contributed by atoms with Crippen LogP contribution >= 0.6 is 0 Å². The van der Waals surface area contributed by atoms with Crippen LogP contribution in [0.1, 0.15) is 12.5 Å². The fourth-order valence-electron chi connectivity index (χ4n) is 3.39. The van der Waals surface area contributed by atoms with E-state index in [0.29, 0.717) is 5.75 Å². The van der Waals surface area contributed by atoms with Crippen molar-refractivity contribution in [3.63, 3.8) is 0 Å². The van der Waals surface area contributed by atoms with Gasteiger partial charge in [0.1, 0.15) is 17.2 Å². The van der Waals surface area contributed by atoms with Crippen LogP contribution in [0.3, 0.4) is 0 Å². The lowest BCUT2D eigenvalue weighted by molar-refractivity contribution is -0.120. The topological polar surface area (TPSA) is 38.8 Å². The minimum atomic E-state index is -0.0305. The Labute approximate surface area is 159 Å². The van der Waals surface area contributed by atoms with Gasteiger partial charge >= 0.3 is 0 Å². The summed E-state index contributed by atoms with van der Waals surface area (Å²) in [5, 5.41) is 0. The highest BCUT2D eigenvalue weighted by atomic mass is 16.5. The monoisotopic (exact) mass is 359 g/mol. The fourth-order valence-corrected chi connectivity index (χ4v) is 3.39. The molecule has 0 N–H and O–H groups in total. The maximum absolute atomic E-state index is 12.7. The maximum Gasteiger partial charge on any atom is 0.265 e. The first-order valence-corrected chi connectivity index (χ1v) is 9.06. The van der Waals surface area contributed by atoms with Gasteiger partial charge < -0.3 is 14.4 Å². The number of hydrogen-bond acceptors (Lipinski definition) is 3. The van der Waals surface area contributed by atoms with Gasteiger partial charge in [-0.25, -0.2) is 0 Å². The number of nitrogens with zero attached hydrogens (tertiary/aromatic N) is 1. The van der Waals surface area contributed by atoms with Crippen LogP contribution in [0.15, 0.2) is 78.9 Å². The van der Waals surface area contributed by atoms with Crippen LogP contribution in [0.5, 0.6) is 17.2 Å². The molecular weight excluding hydrogens is 338 g/mol. The standard InChI is InChI=1S/C23H21NO3/c1-17-15-18-7-5-6-10-22(18)24(17)23(25)16-26-19-11-13-21(14-12-19)27-20-8-3-2-4-9-20/h2-14,17H,15-16H2,1H3/t17-/m0/s1. The molecule has 0 saturated heterocycles. The van der Waals surface area contributed by atoms with Gasteiger partial charge in [0.25, 0.3) is 5.91 Å². The molecule has 4 rings (SSSR count). The summed E-state index contributed by atoms with van der Waals surface area (Å²) in [6.07, 6.45) is 0.882. The largest absolute Gasteiger partial charge is 0.484 e. The van der Waals surface area contributed by atoms with Gasteiger partial charge in [-0.15, -0.1) is 0 Å². The molecule has 27 heavy (non-hydrogen) atoms. The number of para-hydroxylation sites is 2. The summed E-state index contributed by atoms with van der Waals surface area (Å²) in [7, 11) is 0. The van der Waals surface area contributed by atoms with Crippen LogP contribution in [0.25, 0.3) is 0 Å². The normalized spacial score (nSPS) is 15.3. The summed E-state index contributed by atoms with van der Waals surface area (Å²) in [6.45, 7) is 2.07. The number of fused-ring (bicyclic) bond motifs is 1. The first-order chi connectivity index (χ1) is 13.2. The lowest BCUT2D eigenvalue weighted by atomic mass is 10.1. The lowest BCUT2D eigenvalue weighted by Gasteiger charge is -2.22. The van der Waals surface area contributed by atoms with Gasteiger partial charge in [-0.3, -0.25) is 4.79 Å². The average molecular weight is 359 g/mol. The van der Waals surface area contributed by atoms with Crippen molar-refractivity contribution in [1.82, 2.24) is 0 Å². The van der Waals surface area contributed by atoms with Gasteiger partial charge in [0, 0.05) is 11.7 Å². The Balaban J connectivity index is 1.37. The number of benzene rings is 3. The molecule has 3 aromatic carbocycles. The molecule has 0 unspecified atom stereocenters. The van der Waals surface area contributed by atoms with Crippen molar-refractivity contribution in [2.45, 2.75) is 19.4 Å². The van der Waals surface area contributed by atoms with Crippen LogP contribution < -0.4 is 14.4 Å². The number of carbonyl (C=O) groups is 1. The molecule has 1 heterocycles. The zero-order valence-corrected chi connectivity index (χ0v) is 15.2. The van der Waals surface area contributed by atoms with E-state index < -0.39 is 0 Å². The van der Waals surface area contributed by atoms with Crippen molar-refractivity contribution >= 4 is 11.6 Å². The molecule has 0 saturated carbocycles. The van der Waals surface area contributed by atoms with E-state index in [1.807, 2.05) is 77.7 Å². The maximum atomic E-state index is 12.7. The van der Waals surface area contributed by atoms with Gasteiger partial charge in [0.15, 0.2) is 6.61 Å². The van der Waals surface area contributed by atoms with Crippen LogP contribution in [0.4, 0.5) is 5.69 Å². The third-order valence-electron chi connectivity index (χ3n) is 4.64. The highest BCUT2D eigenvalue weighted by Gasteiger charge is 2.30. The van der Waals surface area contributed by atoms with E-state index in [4.69, 9.17) is 9.47 Å². The van der Waals surface area contributed by atoms with Crippen molar-refractivity contribution in [3.05, 3.63) is 84.4 Å². The molecule has 0 bridgehead atoms. The summed E-state index contributed by atoms with van der Waals surface area (Å²) in [4.78, 5) is 14.5. The highest BCUT2D eigenvalue weighted by Crippen LogP contribution is 2.32. The van der Waals surface area contributed by atoms with Gasteiger partial charge in [-0.1, -0.05) is 36.4 Å². The number of rotatable bonds is 5. The second-order valence-electron chi connectivity index (χ2n) is 6.62. The van der Waals surface area contributed by atoms with E-state index in [-0.39, 0.29) is 18.6 Å². The van der Waals surface area contributed by atoms with E-state index in [1.165, 1.54) is 5.56 Å². The Morgan fingerprint density at radius 2 is 1.52 bits per heavy atom. The van der Waals surface area contributed by atoms with Gasteiger partial charge in [-0.2, -0.15) is 0 Å². The molecule has 4 nitrogen and oxygen atoms in total. The summed E-state index contributed by atoms with van der Waals surface area (Å²) in [6, 6.07) is 25.1. The molecule has 1 atom stereocenters. The summed E-state index contributed by atoms with van der Waals surface area (Å²) in [5.41, 5.74) is 2.20. The molecular formula is C23H21NO3. The number of ether oxygens (including phenoxy) is 2. The molecule has 1 aliphatic heterocycles. The molecule has 136 valence electrons. The first-order valence-electron chi connectivity index (χ1n) is 9.06. The van der Waals surface area contributed by atoms with E-state index in [9.17, 15) is 4.79 Å². The SMILES string of the molecule is C[C@H]1Cc2ccccc2N1C(=O)COc1ccc(Oc2ccccc2)cc1. The molecule has 4 heteroatoms. The summed E-state index contributed by atoms with van der Waals surface area (Å²) < 4.78 is 11.5. The minimum absolute atomic E-state index is 0.0115. The Bertz CT molecular complexity index is 922. The molecule has 0 radical (unpaired) electrons. The quantitative estimate of drug-likeness (QED) is 0.655. The fraction of sp³-hybridized carbons (Fsp3) is 0.174. The van der Waals surface area contributed by atoms with Crippen molar-refractivity contribution in [3.8, 4) is 17.2 Å². The van der Waals surface area contributed by atoms with E-state index in [0.717, 1.165) is 23.6 Å². The second kappa shape index (κ2) is 7.54. The van der Waals surface area contributed by atoms with Crippen molar-refractivity contribution in [2.75, 3.05) is 11.5 Å². The second-order valence-corrected chi connectivity index (χ2v) is 6.62. The van der Waals surface area contributed by atoms with E-state index in [2.05, 4.69) is 13.0 Å². The number of amides is 1. The molecule has 1 aliphatic rings. The van der Waals surface area contributed by atoms with E-state index >= 15 is 0 Å². The molecule has 0 spiro atoms. The van der Waals surface area contributed by atoms with Crippen molar-refractivity contribution in [2.24, 2.45) is 0 Å². The first kappa shape index (κ1) is 17.2. The van der Waals surface area contributed by atoms with Gasteiger partial charge in [0.05, 0.1) is 0 Å². The Hall–Kier alpha value is -3.27. The molecule has 0 aromatic heterocycles. The molecule has 0 aliphatic carbocycles. The molecule has 3 aromatic rings. The van der Waals surface area contributed by atoms with Crippen LogP contribution in [-0.4, -0.2) is 18.6 Å². The Morgan fingerprint density at radius 3 is 2.30 bits per heavy atom. The van der Waals surface area contributed by atoms with Crippen LogP contribution in [0, 0.1) is 0 Å². The zero-order valence-electron chi connectivity index (χ0n) is 15.2. The van der Waals surface area contributed by atoms with E-state index in [1.54, 1.807) is 0 Å². The minimum Gasteiger partial charge on any atom is -0.484 e. The average Bonchev–Trinajstić information content (AvgIpc) is 3.04. The van der Waals surface area contributed by atoms with Crippen LogP contribution in [-0.2, 0) is 11.2 Å². The predicted octanol–water partition coefficient (Wildman–Crippen LogP) is 4.84. The van der Waals surface area contributed by atoms with Crippen molar-refractivity contribution in [1.29, 1.82) is 0 Å².